The first-order chi connectivity index (χ1) is 14.5. The van der Waals surface area contributed by atoms with E-state index in [0.29, 0.717) is 43.4 Å². The van der Waals surface area contributed by atoms with Crippen molar-refractivity contribution in [2.45, 2.75) is 56.7 Å². The first-order valence-corrected chi connectivity index (χ1v) is 10.1. The lowest BCUT2D eigenvalue weighted by Crippen LogP contribution is -2.41. The fourth-order valence-corrected chi connectivity index (χ4v) is 3.71. The van der Waals surface area contributed by atoms with E-state index in [0.717, 1.165) is 5.56 Å². The lowest BCUT2D eigenvalue weighted by atomic mass is 9.92. The highest BCUT2D eigenvalue weighted by molar-refractivity contribution is 5.89. The van der Waals surface area contributed by atoms with Crippen molar-refractivity contribution in [3.05, 3.63) is 59.2 Å². The summed E-state index contributed by atoms with van der Waals surface area (Å²) in [7, 11) is 2.68. The Hall–Kier alpha value is -2.48. The molecule has 2 aliphatic rings. The molecule has 7 nitrogen and oxygen atoms in total. The van der Waals surface area contributed by atoms with Crippen molar-refractivity contribution in [3.8, 4) is 0 Å². The van der Waals surface area contributed by atoms with E-state index in [4.69, 9.17) is 18.9 Å². The third-order valence-corrected chi connectivity index (χ3v) is 5.40. The van der Waals surface area contributed by atoms with Gasteiger partial charge < -0.3 is 24.1 Å². The maximum absolute atomic E-state index is 12.0. The van der Waals surface area contributed by atoms with Crippen LogP contribution in [0.5, 0.6) is 0 Å². The Morgan fingerprint density at radius 2 is 1.53 bits per heavy atom. The molecule has 162 valence electrons. The molecule has 4 atom stereocenters. The van der Waals surface area contributed by atoms with Crippen LogP contribution < -0.4 is 0 Å². The number of ether oxygens (including phenoxy) is 4. The fourth-order valence-electron chi connectivity index (χ4n) is 3.71. The standard InChI is InChI=1S/C23H28O7/c1-27-22(25)16-8-10-18(24)20(12-16)30-19-11-9-17(23(26)28-2)13-21(19)29-14-15-6-4-3-5-7-15/h3-7,12-13,18-21,24H,8-11,14H2,1-2H3/t18-,19?,20-,21-/m0/s1. The molecule has 1 aromatic carbocycles. The van der Waals surface area contributed by atoms with Crippen molar-refractivity contribution in [2.24, 2.45) is 0 Å². The quantitative estimate of drug-likeness (QED) is 0.683. The van der Waals surface area contributed by atoms with Crippen molar-refractivity contribution < 1.29 is 33.6 Å². The first-order valence-electron chi connectivity index (χ1n) is 10.1. The number of methoxy groups -OCH3 is 2. The number of aliphatic hydroxyl groups is 1. The van der Waals surface area contributed by atoms with Crippen LogP contribution in [0.15, 0.2) is 53.6 Å². The normalized spacial score (nSPS) is 26.4. The number of aliphatic hydroxyl groups excluding tert-OH is 1. The van der Waals surface area contributed by atoms with Crippen LogP contribution >= 0.6 is 0 Å². The van der Waals surface area contributed by atoms with Gasteiger partial charge >= 0.3 is 11.9 Å². The minimum absolute atomic E-state index is 0.354. The van der Waals surface area contributed by atoms with Crippen LogP contribution in [-0.4, -0.2) is 55.7 Å². The molecule has 0 bridgehead atoms. The van der Waals surface area contributed by atoms with Gasteiger partial charge in [0.2, 0.25) is 0 Å². The van der Waals surface area contributed by atoms with Gasteiger partial charge in [-0.1, -0.05) is 30.3 Å². The van der Waals surface area contributed by atoms with E-state index < -0.39 is 24.3 Å². The number of rotatable bonds is 7. The number of benzene rings is 1. The zero-order valence-electron chi connectivity index (χ0n) is 17.3. The van der Waals surface area contributed by atoms with Crippen LogP contribution in [0.25, 0.3) is 0 Å². The largest absolute Gasteiger partial charge is 0.466 e. The lowest BCUT2D eigenvalue weighted by molar-refractivity contribution is -0.140. The highest BCUT2D eigenvalue weighted by Crippen LogP contribution is 2.29. The third kappa shape index (κ3) is 5.56. The minimum Gasteiger partial charge on any atom is -0.466 e. The molecule has 1 unspecified atom stereocenters. The maximum Gasteiger partial charge on any atom is 0.333 e. The highest BCUT2D eigenvalue weighted by atomic mass is 16.6. The van der Waals surface area contributed by atoms with E-state index in [9.17, 15) is 14.7 Å². The molecule has 0 aliphatic heterocycles. The number of hydrogen-bond donors (Lipinski definition) is 1. The van der Waals surface area contributed by atoms with Gasteiger partial charge in [-0.25, -0.2) is 9.59 Å². The van der Waals surface area contributed by atoms with E-state index >= 15 is 0 Å². The highest BCUT2D eigenvalue weighted by Gasteiger charge is 2.34. The van der Waals surface area contributed by atoms with E-state index in [-0.39, 0.29) is 12.1 Å². The SMILES string of the molecule is COC(=O)C1=C[C@H](OCc2ccccc2)C(O[C@H]2C=C(C(=O)OC)CC[C@@H]2O)CC1. The zero-order valence-corrected chi connectivity index (χ0v) is 17.3. The lowest BCUT2D eigenvalue weighted by Gasteiger charge is -2.35. The van der Waals surface area contributed by atoms with Crippen LogP contribution in [0.4, 0.5) is 0 Å². The van der Waals surface area contributed by atoms with Crippen LogP contribution in [0.3, 0.4) is 0 Å². The van der Waals surface area contributed by atoms with Gasteiger partial charge in [0.1, 0.15) is 12.2 Å². The van der Waals surface area contributed by atoms with Crippen LogP contribution in [0, 0.1) is 0 Å². The molecule has 0 spiro atoms. The molecule has 0 saturated carbocycles. The molecule has 1 aromatic rings. The Kier molecular flexibility index (Phi) is 7.79. The van der Waals surface area contributed by atoms with E-state index in [1.54, 1.807) is 12.2 Å². The van der Waals surface area contributed by atoms with Gasteiger partial charge in [0.25, 0.3) is 0 Å². The molecular weight excluding hydrogens is 388 g/mol. The van der Waals surface area contributed by atoms with Gasteiger partial charge in [0, 0.05) is 11.1 Å². The summed E-state index contributed by atoms with van der Waals surface area (Å²) >= 11 is 0. The first kappa shape index (κ1) is 22.2. The van der Waals surface area contributed by atoms with Crippen LogP contribution in [-0.2, 0) is 35.1 Å². The second-order valence-electron chi connectivity index (χ2n) is 7.41. The smallest absolute Gasteiger partial charge is 0.333 e. The van der Waals surface area contributed by atoms with Crippen molar-refractivity contribution in [1.82, 2.24) is 0 Å². The molecule has 0 saturated heterocycles. The van der Waals surface area contributed by atoms with Crippen molar-refractivity contribution in [1.29, 1.82) is 0 Å². The maximum atomic E-state index is 12.0. The topological polar surface area (TPSA) is 91.3 Å². The summed E-state index contributed by atoms with van der Waals surface area (Å²) in [5.74, 6) is -0.795. The molecule has 7 heteroatoms. The number of carbonyl (C=O) groups is 2. The summed E-state index contributed by atoms with van der Waals surface area (Å²) in [6, 6.07) is 9.71. The molecule has 0 amide bonds. The van der Waals surface area contributed by atoms with Gasteiger partial charge in [-0.15, -0.1) is 0 Å². The Labute approximate surface area is 176 Å². The Bertz CT molecular complexity index is 799. The number of hydrogen-bond acceptors (Lipinski definition) is 7. The van der Waals surface area contributed by atoms with Crippen molar-refractivity contribution in [2.75, 3.05) is 14.2 Å². The van der Waals surface area contributed by atoms with E-state index in [2.05, 4.69) is 0 Å². The Balaban J connectivity index is 1.76. The molecule has 30 heavy (non-hydrogen) atoms. The Morgan fingerprint density at radius 1 is 0.933 bits per heavy atom. The summed E-state index contributed by atoms with van der Waals surface area (Å²) in [5.41, 5.74) is 2.04. The summed E-state index contributed by atoms with van der Waals surface area (Å²) in [6.07, 6.45) is 3.01. The van der Waals surface area contributed by atoms with Gasteiger partial charge in [0.05, 0.1) is 33.0 Å². The number of carbonyl (C=O) groups excluding carboxylic acids is 2. The van der Waals surface area contributed by atoms with Crippen LogP contribution in [0.1, 0.15) is 31.2 Å². The van der Waals surface area contributed by atoms with Crippen molar-refractivity contribution in [3.63, 3.8) is 0 Å². The van der Waals surface area contributed by atoms with E-state index in [1.165, 1.54) is 14.2 Å². The molecule has 0 aromatic heterocycles. The summed E-state index contributed by atoms with van der Waals surface area (Å²) in [6.45, 7) is 0.354. The van der Waals surface area contributed by atoms with Gasteiger partial charge in [-0.3, -0.25) is 0 Å². The monoisotopic (exact) mass is 416 g/mol. The summed E-state index contributed by atoms with van der Waals surface area (Å²) in [4.78, 5) is 23.9. The Morgan fingerprint density at radius 3 is 2.17 bits per heavy atom. The second-order valence-corrected chi connectivity index (χ2v) is 7.41. The molecular formula is C23H28O7. The average molecular weight is 416 g/mol. The molecule has 1 N–H and O–H groups in total. The van der Waals surface area contributed by atoms with Crippen molar-refractivity contribution >= 4 is 11.9 Å². The molecule has 0 fully saturated rings. The van der Waals surface area contributed by atoms with Gasteiger partial charge in [0.15, 0.2) is 0 Å². The average Bonchev–Trinajstić information content (AvgIpc) is 2.79. The van der Waals surface area contributed by atoms with Crippen LogP contribution in [0.2, 0.25) is 0 Å². The predicted octanol–water partition coefficient (Wildman–Crippen LogP) is 2.47. The number of esters is 2. The molecule has 0 radical (unpaired) electrons. The molecule has 2 aliphatic carbocycles. The molecule has 0 heterocycles. The minimum atomic E-state index is -0.723. The second kappa shape index (κ2) is 10.5. The van der Waals surface area contributed by atoms with Gasteiger partial charge in [-0.05, 0) is 43.4 Å². The van der Waals surface area contributed by atoms with Gasteiger partial charge in [-0.2, -0.15) is 0 Å². The molecule has 3 rings (SSSR count). The summed E-state index contributed by atoms with van der Waals surface area (Å²) in [5, 5.41) is 10.4. The van der Waals surface area contributed by atoms with E-state index in [1.807, 2.05) is 30.3 Å². The zero-order chi connectivity index (χ0) is 21.5. The summed E-state index contributed by atoms with van der Waals surface area (Å²) < 4.78 is 21.9. The predicted molar refractivity (Wildman–Crippen MR) is 108 cm³/mol. The fraction of sp³-hybridized carbons (Fsp3) is 0.478. The third-order valence-electron chi connectivity index (χ3n) is 5.40.